The highest BCUT2D eigenvalue weighted by Crippen LogP contribution is 2.53. The maximum Gasteiger partial charge on any atom is 0.119 e. The molecule has 2 aromatic carbocycles. The second-order valence-corrected chi connectivity index (χ2v) is 10.3. The van der Waals surface area contributed by atoms with Gasteiger partial charge in [0.1, 0.15) is 5.75 Å². The van der Waals surface area contributed by atoms with Crippen LogP contribution >= 0.6 is 0 Å². The Hall–Kier alpha value is -2.00. The zero-order valence-electron chi connectivity index (χ0n) is 15.1. The van der Waals surface area contributed by atoms with Crippen LogP contribution < -0.4 is 4.74 Å². The molecule has 0 aliphatic heterocycles. The van der Waals surface area contributed by atoms with E-state index in [4.69, 9.17) is 4.74 Å². The van der Waals surface area contributed by atoms with E-state index in [2.05, 4.69) is 74.0 Å². The molecule has 0 atom stereocenters. The molecule has 4 rings (SSSR count). The second kappa shape index (κ2) is 5.25. The Kier molecular flexibility index (Phi) is 3.39. The van der Waals surface area contributed by atoms with E-state index in [0.29, 0.717) is 0 Å². The lowest BCUT2D eigenvalue weighted by atomic mass is 9.81. The predicted octanol–water partition coefficient (Wildman–Crippen LogP) is 5.25. The smallest absolute Gasteiger partial charge is 0.119 e. The first-order valence-electron chi connectivity index (χ1n) is 8.54. The van der Waals surface area contributed by atoms with Crippen molar-refractivity contribution < 1.29 is 4.74 Å². The van der Waals surface area contributed by atoms with E-state index in [-0.39, 0.29) is 5.41 Å². The first-order valence-corrected chi connectivity index (χ1v) is 11.3. The van der Waals surface area contributed by atoms with Gasteiger partial charge in [0.05, 0.1) is 21.6 Å². The second-order valence-electron chi connectivity index (χ2n) is 7.57. The van der Waals surface area contributed by atoms with Crippen LogP contribution in [0.2, 0.25) is 13.1 Å². The van der Waals surface area contributed by atoms with E-state index in [0.717, 1.165) is 11.9 Å². The maximum absolute atomic E-state index is 5.51. The molecule has 0 N–H and O–H groups in total. The molecular formula is C21H24NOSi. The van der Waals surface area contributed by atoms with Crippen LogP contribution in [0.25, 0.3) is 22.2 Å². The van der Waals surface area contributed by atoms with Crippen molar-refractivity contribution in [3.63, 3.8) is 0 Å². The third-order valence-corrected chi connectivity index (χ3v) is 6.17. The summed E-state index contributed by atoms with van der Waals surface area (Å²) in [5, 5.41) is 1.34. The van der Waals surface area contributed by atoms with Gasteiger partial charge >= 0.3 is 0 Å². The lowest BCUT2D eigenvalue weighted by Crippen LogP contribution is -2.14. The van der Waals surface area contributed by atoms with Gasteiger partial charge in [0.2, 0.25) is 0 Å². The van der Waals surface area contributed by atoms with Gasteiger partial charge in [-0.15, -0.1) is 0 Å². The zero-order valence-corrected chi connectivity index (χ0v) is 16.1. The minimum Gasteiger partial charge on any atom is -0.497 e. The summed E-state index contributed by atoms with van der Waals surface area (Å²) in [4.78, 5) is 0. The highest BCUT2D eigenvalue weighted by Gasteiger charge is 2.40. The van der Waals surface area contributed by atoms with Gasteiger partial charge in [-0.1, -0.05) is 51.2 Å². The van der Waals surface area contributed by atoms with Crippen LogP contribution in [-0.2, 0) is 11.6 Å². The molecule has 24 heavy (non-hydrogen) atoms. The van der Waals surface area contributed by atoms with Crippen molar-refractivity contribution in [1.29, 1.82) is 0 Å². The molecule has 1 aliphatic rings. The van der Waals surface area contributed by atoms with Gasteiger partial charge in [-0.3, -0.25) is 0 Å². The van der Waals surface area contributed by atoms with Crippen molar-refractivity contribution in [2.45, 2.75) is 38.5 Å². The molecule has 1 radical (unpaired) electrons. The van der Waals surface area contributed by atoms with Crippen LogP contribution in [-0.4, -0.2) is 20.5 Å². The zero-order chi connectivity index (χ0) is 17.1. The number of hydrogen-bond donors (Lipinski definition) is 0. The number of methoxy groups -OCH3 is 1. The summed E-state index contributed by atoms with van der Waals surface area (Å²) < 4.78 is 8.08. The molecule has 3 aromatic rings. The van der Waals surface area contributed by atoms with Crippen LogP contribution in [0, 0.1) is 0 Å². The Balaban J connectivity index is 2.13. The molecule has 1 aromatic heterocycles. The van der Waals surface area contributed by atoms with Crippen LogP contribution in [0.15, 0.2) is 42.5 Å². The minimum atomic E-state index is -0.391. The fourth-order valence-corrected chi connectivity index (χ4v) is 5.18. The summed E-state index contributed by atoms with van der Waals surface area (Å²) >= 11 is 0. The molecule has 2 nitrogen and oxygen atoms in total. The summed E-state index contributed by atoms with van der Waals surface area (Å²) in [6.07, 6.45) is 1.13. The quantitative estimate of drug-likeness (QED) is 0.597. The van der Waals surface area contributed by atoms with Crippen molar-refractivity contribution >= 4 is 19.7 Å². The first-order chi connectivity index (χ1) is 11.4. The monoisotopic (exact) mass is 334 g/mol. The van der Waals surface area contributed by atoms with Crippen molar-refractivity contribution in [1.82, 2.24) is 4.57 Å². The number of ether oxygens (including phenoxy) is 1. The average molecular weight is 335 g/mol. The Bertz CT molecular complexity index is 936. The summed E-state index contributed by atoms with van der Waals surface area (Å²) in [5.41, 5.74) is 7.08. The van der Waals surface area contributed by atoms with E-state index >= 15 is 0 Å². The molecular weight excluding hydrogens is 310 g/mol. The summed E-state index contributed by atoms with van der Waals surface area (Å²) in [7, 11) is 1.36. The van der Waals surface area contributed by atoms with E-state index < -0.39 is 8.80 Å². The molecule has 0 unspecified atom stereocenters. The van der Waals surface area contributed by atoms with Crippen LogP contribution in [0.1, 0.15) is 25.0 Å². The predicted molar refractivity (Wildman–Crippen MR) is 104 cm³/mol. The average Bonchev–Trinajstić information content (AvgIpc) is 2.99. The number of nitrogens with zero attached hydrogens (tertiary/aromatic N) is 1. The van der Waals surface area contributed by atoms with Gasteiger partial charge in [-0.2, -0.15) is 0 Å². The number of hydrogen-bond acceptors (Lipinski definition) is 1. The topological polar surface area (TPSA) is 14.2 Å². The normalized spacial score (nSPS) is 14.9. The SMILES string of the molecule is COc1ccc2c(c1)c1c(n2C[Si](C)C)-c2ccccc2C1(C)C. The highest BCUT2D eigenvalue weighted by molar-refractivity contribution is 6.54. The fourth-order valence-electron chi connectivity index (χ4n) is 4.22. The van der Waals surface area contributed by atoms with E-state index in [1.165, 1.54) is 33.3 Å². The number of rotatable bonds is 3. The van der Waals surface area contributed by atoms with Gasteiger partial charge in [0, 0.05) is 28.0 Å². The lowest BCUT2D eigenvalue weighted by molar-refractivity contribution is 0.415. The summed E-state index contributed by atoms with van der Waals surface area (Å²) in [6, 6.07) is 15.4. The fraction of sp³-hybridized carbons (Fsp3) is 0.333. The largest absolute Gasteiger partial charge is 0.497 e. The Morgan fingerprint density at radius 2 is 1.83 bits per heavy atom. The van der Waals surface area contributed by atoms with Crippen LogP contribution in [0.5, 0.6) is 5.75 Å². The summed E-state index contributed by atoms with van der Waals surface area (Å²) in [6.45, 7) is 9.48. The first kappa shape index (κ1) is 15.5. The number of fused-ring (bicyclic) bond motifs is 5. The molecule has 3 heteroatoms. The maximum atomic E-state index is 5.51. The van der Waals surface area contributed by atoms with Gasteiger partial charge in [-0.25, -0.2) is 0 Å². The van der Waals surface area contributed by atoms with Crippen molar-refractivity contribution in [3.8, 4) is 17.0 Å². The Morgan fingerprint density at radius 1 is 1.08 bits per heavy atom. The standard InChI is InChI=1S/C21H24NOSi/c1-21(2)17-9-7-6-8-15(17)20-19(21)16-12-14(23-3)10-11-18(16)22(20)13-24(4)5/h6-12H,13H2,1-5H3. The molecule has 123 valence electrons. The minimum absolute atomic E-state index is 0.0240. The molecule has 0 saturated carbocycles. The van der Waals surface area contributed by atoms with Gasteiger partial charge in [0.15, 0.2) is 0 Å². The van der Waals surface area contributed by atoms with Gasteiger partial charge < -0.3 is 9.30 Å². The molecule has 0 saturated heterocycles. The Morgan fingerprint density at radius 3 is 2.54 bits per heavy atom. The van der Waals surface area contributed by atoms with Crippen molar-refractivity contribution in [2.75, 3.05) is 7.11 Å². The molecule has 0 amide bonds. The number of aromatic nitrogens is 1. The molecule has 0 bridgehead atoms. The highest BCUT2D eigenvalue weighted by atomic mass is 28.3. The third kappa shape index (κ3) is 2.00. The third-order valence-electron chi connectivity index (χ3n) is 5.23. The molecule has 0 spiro atoms. The molecule has 1 aliphatic carbocycles. The van der Waals surface area contributed by atoms with Crippen molar-refractivity contribution in [3.05, 3.63) is 53.6 Å². The summed E-state index contributed by atoms with van der Waals surface area (Å²) in [5.74, 6) is 0.938. The Labute approximate surface area is 145 Å². The van der Waals surface area contributed by atoms with Gasteiger partial charge in [0.25, 0.3) is 0 Å². The van der Waals surface area contributed by atoms with Gasteiger partial charge in [-0.05, 0) is 29.3 Å². The van der Waals surface area contributed by atoms with Crippen LogP contribution in [0.3, 0.4) is 0 Å². The molecule has 0 fully saturated rings. The van der Waals surface area contributed by atoms with Crippen molar-refractivity contribution in [2.24, 2.45) is 0 Å². The number of benzene rings is 2. The van der Waals surface area contributed by atoms with Crippen LogP contribution in [0.4, 0.5) is 0 Å². The van der Waals surface area contributed by atoms with E-state index in [9.17, 15) is 0 Å². The van der Waals surface area contributed by atoms with E-state index in [1.807, 2.05) is 0 Å². The van der Waals surface area contributed by atoms with E-state index in [1.54, 1.807) is 7.11 Å². The molecule has 1 heterocycles. The lowest BCUT2D eigenvalue weighted by Gasteiger charge is -2.21.